The van der Waals surface area contributed by atoms with Crippen LogP contribution >= 0.6 is 0 Å². The SMILES string of the molecule is CC(C)CC(NCCC(=O)N1CCC(Nc2nc(NCc3nnn(CCCNCCCNC4CCCCC4)n3)nc3ccccc23)CC1)C(=O)O. The molecule has 51 heavy (non-hydrogen) atoms. The van der Waals surface area contributed by atoms with Gasteiger partial charge in [0.2, 0.25) is 11.9 Å². The maximum atomic E-state index is 12.9. The molecular formula is C36H58N12O3. The molecule has 15 heteroatoms. The summed E-state index contributed by atoms with van der Waals surface area (Å²) in [6, 6.07) is 8.14. The zero-order valence-electron chi connectivity index (χ0n) is 30.4. The van der Waals surface area contributed by atoms with Crippen molar-refractivity contribution in [3.8, 4) is 0 Å². The molecule has 2 fully saturated rings. The Morgan fingerprint density at radius 2 is 1.73 bits per heavy atom. The number of carboxylic acids is 1. The molecule has 5 rings (SSSR count). The van der Waals surface area contributed by atoms with Crippen LogP contribution in [0.4, 0.5) is 11.8 Å². The number of hydrogen-bond donors (Lipinski definition) is 6. The highest BCUT2D eigenvalue weighted by Crippen LogP contribution is 2.25. The second-order valence-corrected chi connectivity index (χ2v) is 14.3. The van der Waals surface area contributed by atoms with E-state index in [0.717, 1.165) is 68.1 Å². The molecule has 2 aromatic heterocycles. The van der Waals surface area contributed by atoms with Crippen LogP contribution in [0.25, 0.3) is 10.9 Å². The van der Waals surface area contributed by atoms with Crippen molar-refractivity contribution in [3.63, 3.8) is 0 Å². The van der Waals surface area contributed by atoms with Crippen molar-refractivity contribution in [1.29, 1.82) is 0 Å². The summed E-state index contributed by atoms with van der Waals surface area (Å²) < 4.78 is 0. The molecule has 1 saturated carbocycles. The van der Waals surface area contributed by atoms with Crippen molar-refractivity contribution < 1.29 is 14.7 Å². The first-order chi connectivity index (χ1) is 24.8. The molecule has 1 amide bonds. The smallest absolute Gasteiger partial charge is 0.320 e. The van der Waals surface area contributed by atoms with Crippen LogP contribution in [-0.2, 0) is 22.7 Å². The fraction of sp³-hybridized carbons (Fsp3) is 0.694. The van der Waals surface area contributed by atoms with Gasteiger partial charge >= 0.3 is 5.97 Å². The summed E-state index contributed by atoms with van der Waals surface area (Å²) >= 11 is 0. The van der Waals surface area contributed by atoms with Gasteiger partial charge in [0, 0.05) is 43.5 Å². The molecule has 0 spiro atoms. The van der Waals surface area contributed by atoms with Crippen molar-refractivity contribution in [2.45, 2.75) is 116 Å². The first kappa shape index (κ1) is 38.3. The summed E-state index contributed by atoms with van der Waals surface area (Å²) in [5, 5.41) is 40.5. The lowest BCUT2D eigenvalue weighted by Gasteiger charge is -2.33. The molecule has 2 aliphatic rings. The molecule has 0 radical (unpaired) electrons. The second kappa shape index (κ2) is 20.2. The Labute approximate surface area is 301 Å². The Balaban J connectivity index is 1.02. The number of anilines is 2. The minimum absolute atomic E-state index is 0.0452. The van der Waals surface area contributed by atoms with Gasteiger partial charge < -0.3 is 36.6 Å². The predicted octanol–water partition coefficient (Wildman–Crippen LogP) is 3.40. The molecule has 6 N–H and O–H groups in total. The van der Waals surface area contributed by atoms with E-state index in [9.17, 15) is 14.7 Å². The number of fused-ring (bicyclic) bond motifs is 1. The average molecular weight is 707 g/mol. The van der Waals surface area contributed by atoms with Crippen molar-refractivity contribution in [2.75, 3.05) is 49.9 Å². The normalized spacial score (nSPS) is 16.5. The molecule has 1 aliphatic heterocycles. The Hall–Kier alpha value is -3.95. The highest BCUT2D eigenvalue weighted by atomic mass is 16.4. The number of hydrogen-bond acceptors (Lipinski definition) is 12. The third-order valence-corrected chi connectivity index (χ3v) is 9.71. The second-order valence-electron chi connectivity index (χ2n) is 14.3. The number of piperidine rings is 1. The molecule has 15 nitrogen and oxygen atoms in total. The number of benzene rings is 1. The molecule has 1 aliphatic carbocycles. The average Bonchev–Trinajstić information content (AvgIpc) is 3.59. The molecule has 1 aromatic carbocycles. The minimum atomic E-state index is -0.874. The number of carboxylic acid groups (broad SMARTS) is 1. The van der Waals surface area contributed by atoms with Crippen LogP contribution in [0.15, 0.2) is 24.3 Å². The third kappa shape index (κ3) is 12.6. The number of aliphatic carboxylic acids is 1. The summed E-state index contributed by atoms with van der Waals surface area (Å²) in [6.45, 7) is 9.66. The Morgan fingerprint density at radius 3 is 2.51 bits per heavy atom. The van der Waals surface area contributed by atoms with E-state index >= 15 is 0 Å². The molecule has 3 heterocycles. The van der Waals surface area contributed by atoms with E-state index in [4.69, 9.17) is 9.97 Å². The lowest BCUT2D eigenvalue weighted by atomic mass is 9.95. The van der Waals surface area contributed by atoms with Crippen molar-refractivity contribution >= 4 is 34.5 Å². The van der Waals surface area contributed by atoms with Crippen LogP contribution in [0.1, 0.15) is 90.3 Å². The van der Waals surface area contributed by atoms with Crippen molar-refractivity contribution in [2.24, 2.45) is 5.92 Å². The summed E-state index contributed by atoms with van der Waals surface area (Å²) in [5.41, 5.74) is 0.823. The molecule has 3 aromatic rings. The highest BCUT2D eigenvalue weighted by Gasteiger charge is 2.25. The number of nitrogens with zero attached hydrogens (tertiary/aromatic N) is 7. The quantitative estimate of drug-likeness (QED) is 0.0886. The van der Waals surface area contributed by atoms with E-state index < -0.39 is 12.0 Å². The van der Waals surface area contributed by atoms with Crippen LogP contribution in [0, 0.1) is 5.92 Å². The zero-order chi connectivity index (χ0) is 35.8. The van der Waals surface area contributed by atoms with Gasteiger partial charge in [-0.15, -0.1) is 10.2 Å². The first-order valence-electron chi connectivity index (χ1n) is 19.1. The predicted molar refractivity (Wildman–Crippen MR) is 198 cm³/mol. The number of amides is 1. The van der Waals surface area contributed by atoms with Gasteiger partial charge in [-0.05, 0) is 87.8 Å². The number of nitrogens with one attached hydrogen (secondary N) is 5. The number of carbonyl (C=O) groups is 2. The van der Waals surface area contributed by atoms with Gasteiger partial charge in [-0.3, -0.25) is 9.59 Å². The highest BCUT2D eigenvalue weighted by molar-refractivity contribution is 5.90. The first-order valence-corrected chi connectivity index (χ1v) is 19.1. The Morgan fingerprint density at radius 1 is 0.941 bits per heavy atom. The van der Waals surface area contributed by atoms with Gasteiger partial charge in [0.1, 0.15) is 11.9 Å². The maximum Gasteiger partial charge on any atom is 0.320 e. The maximum absolute atomic E-state index is 12.9. The number of likely N-dealkylation sites (tertiary alicyclic amines) is 1. The topological polar surface area (TPSA) is 187 Å². The summed E-state index contributed by atoms with van der Waals surface area (Å²) in [7, 11) is 0. The van der Waals surface area contributed by atoms with E-state index in [0.29, 0.717) is 50.9 Å². The van der Waals surface area contributed by atoms with E-state index in [1.54, 1.807) is 4.80 Å². The Bertz CT molecular complexity index is 1500. The molecule has 280 valence electrons. The van der Waals surface area contributed by atoms with Crippen molar-refractivity contribution in [1.82, 2.24) is 51.0 Å². The summed E-state index contributed by atoms with van der Waals surface area (Å²) in [5.74, 6) is 1.23. The summed E-state index contributed by atoms with van der Waals surface area (Å²) in [4.78, 5) is 37.4. The Kier molecular flexibility index (Phi) is 15.2. The van der Waals surface area contributed by atoms with Crippen LogP contribution in [0.2, 0.25) is 0 Å². The van der Waals surface area contributed by atoms with E-state index in [2.05, 4.69) is 42.0 Å². The zero-order valence-corrected chi connectivity index (χ0v) is 30.4. The number of carbonyl (C=O) groups excluding carboxylic acids is 1. The lowest BCUT2D eigenvalue weighted by molar-refractivity contribution is -0.140. The van der Waals surface area contributed by atoms with Gasteiger partial charge in [0.05, 0.1) is 18.6 Å². The number of aryl methyl sites for hydroxylation is 1. The number of para-hydroxylation sites is 1. The van der Waals surface area contributed by atoms with Gasteiger partial charge in [-0.1, -0.05) is 45.2 Å². The molecular weight excluding hydrogens is 648 g/mol. The molecule has 1 atom stereocenters. The molecule has 0 bridgehead atoms. The van der Waals surface area contributed by atoms with Crippen LogP contribution < -0.4 is 26.6 Å². The van der Waals surface area contributed by atoms with Crippen LogP contribution in [-0.4, -0.2) is 109 Å². The van der Waals surface area contributed by atoms with E-state index in [1.807, 2.05) is 43.0 Å². The van der Waals surface area contributed by atoms with Crippen LogP contribution in [0.5, 0.6) is 0 Å². The van der Waals surface area contributed by atoms with Gasteiger partial charge in [-0.25, -0.2) is 4.98 Å². The minimum Gasteiger partial charge on any atom is -0.480 e. The number of rotatable bonds is 21. The van der Waals surface area contributed by atoms with E-state index in [1.165, 1.54) is 32.1 Å². The fourth-order valence-electron chi connectivity index (χ4n) is 6.88. The molecule has 1 saturated heterocycles. The number of aromatic nitrogens is 6. The summed E-state index contributed by atoms with van der Waals surface area (Å²) in [6.07, 6.45) is 11.2. The largest absolute Gasteiger partial charge is 0.480 e. The van der Waals surface area contributed by atoms with Gasteiger partial charge in [0.25, 0.3) is 0 Å². The fourth-order valence-corrected chi connectivity index (χ4v) is 6.88. The van der Waals surface area contributed by atoms with Gasteiger partial charge in [-0.2, -0.15) is 9.78 Å². The monoisotopic (exact) mass is 706 g/mol. The number of tetrazole rings is 1. The third-order valence-electron chi connectivity index (χ3n) is 9.71. The van der Waals surface area contributed by atoms with E-state index in [-0.39, 0.29) is 24.3 Å². The van der Waals surface area contributed by atoms with Crippen molar-refractivity contribution in [3.05, 3.63) is 30.1 Å². The van der Waals surface area contributed by atoms with Crippen LogP contribution in [0.3, 0.4) is 0 Å². The molecule has 1 unspecified atom stereocenters. The van der Waals surface area contributed by atoms with Gasteiger partial charge in [0.15, 0.2) is 5.82 Å². The standard InChI is InChI=1S/C36H58N12O3/c1-26(2)24-31(35(50)51)39-20-14-33(49)47-22-15-28(16-23-47)41-34-29-12-6-7-13-30(29)42-36(43-34)40-25-32-44-46-48(45-32)21-9-18-37-17-8-19-38-27-10-4-3-5-11-27/h6-7,12-13,26-28,31,37-39H,3-5,8-11,14-25H2,1-2H3,(H,50,51)(H2,40,41,42,43). The lowest BCUT2D eigenvalue weighted by Crippen LogP contribution is -2.44.